The van der Waals surface area contributed by atoms with Crippen LogP contribution in [0, 0.1) is 11.8 Å². The molecule has 0 aliphatic heterocycles. The Morgan fingerprint density at radius 1 is 0.667 bits per heavy atom. The van der Waals surface area contributed by atoms with Crippen LogP contribution in [0.25, 0.3) is 0 Å². The third-order valence-electron chi connectivity index (χ3n) is 4.87. The number of carbonyl (C=O) groups excluding carboxylic acids is 2. The van der Waals surface area contributed by atoms with Gasteiger partial charge in [0.25, 0.3) is 0 Å². The minimum absolute atomic E-state index is 0. The summed E-state index contributed by atoms with van der Waals surface area (Å²) in [5, 5.41) is 6.62. The van der Waals surface area contributed by atoms with Gasteiger partial charge in [0.1, 0.15) is 12.1 Å². The van der Waals surface area contributed by atoms with Gasteiger partial charge in [-0.05, 0) is 37.5 Å². The normalized spacial score (nSPS) is 12.2. The Morgan fingerprint density at radius 3 is 1.27 bits per heavy atom. The number of unbranched alkanes of at least 4 members (excludes halogenated alkanes) is 4. The predicted molar refractivity (Wildman–Crippen MR) is 123 cm³/mol. The molecule has 202 valence electrons. The standard InChI is InChI=1S/C24H48N2O4.2ClH.Pt/c1-7-9-11-15-29-23(27)21(17-19(3)4)25-13-14-26-22(18-20(5)6)24(28)30-16-12-10-8-2;;;/h19-22,25-26H,7-18H2,1-6H3;2*1H;/q;;;+2/p-2/t21-,22-;;;/m0.../s1. The molecule has 0 unspecified atom stereocenters. The first kappa shape index (κ1) is 40.3. The van der Waals surface area contributed by atoms with Crippen molar-refractivity contribution in [2.24, 2.45) is 11.8 Å². The van der Waals surface area contributed by atoms with Gasteiger partial charge in [0.2, 0.25) is 0 Å². The molecule has 0 saturated heterocycles. The Bertz CT molecular complexity index is 418. The smallest absolute Gasteiger partial charge is 1.00 e. The van der Waals surface area contributed by atoms with Gasteiger partial charge in [-0.15, -0.1) is 0 Å². The van der Waals surface area contributed by atoms with E-state index in [0.717, 1.165) is 51.4 Å². The van der Waals surface area contributed by atoms with Gasteiger partial charge >= 0.3 is 33.0 Å². The number of nitrogens with one attached hydrogen (secondary N) is 2. The van der Waals surface area contributed by atoms with Crippen LogP contribution in [0.5, 0.6) is 0 Å². The maximum absolute atomic E-state index is 12.4. The van der Waals surface area contributed by atoms with Crippen LogP contribution in [-0.4, -0.2) is 50.3 Å². The molecule has 0 spiro atoms. The Morgan fingerprint density at radius 2 is 1.00 bits per heavy atom. The molecule has 0 aromatic rings. The van der Waals surface area contributed by atoms with E-state index in [9.17, 15) is 9.59 Å². The molecule has 0 saturated carbocycles. The Hall–Kier alpha value is 0.128. The fourth-order valence-corrected chi connectivity index (χ4v) is 3.21. The quantitative estimate of drug-likeness (QED) is 0.126. The van der Waals surface area contributed by atoms with Crippen molar-refractivity contribution in [3.8, 4) is 0 Å². The summed E-state index contributed by atoms with van der Waals surface area (Å²) in [6, 6.07) is -0.615. The van der Waals surface area contributed by atoms with Crippen molar-refractivity contribution in [2.45, 2.75) is 105 Å². The Labute approximate surface area is 229 Å². The summed E-state index contributed by atoms with van der Waals surface area (Å²) < 4.78 is 10.9. The first-order valence-corrected chi connectivity index (χ1v) is 12.1. The number of ether oxygens (including phenoxy) is 2. The fraction of sp³-hybridized carbons (Fsp3) is 0.917. The molecule has 33 heavy (non-hydrogen) atoms. The molecule has 9 heteroatoms. The number of rotatable bonds is 19. The maximum Gasteiger partial charge on any atom is 2.00 e. The van der Waals surface area contributed by atoms with E-state index in [1.54, 1.807) is 0 Å². The molecule has 0 fully saturated rings. The van der Waals surface area contributed by atoms with E-state index in [4.69, 9.17) is 9.47 Å². The summed E-state index contributed by atoms with van der Waals surface area (Å²) in [5.74, 6) is 0.443. The van der Waals surface area contributed by atoms with Crippen LogP contribution in [-0.2, 0) is 40.1 Å². The summed E-state index contributed by atoms with van der Waals surface area (Å²) >= 11 is 0. The third-order valence-corrected chi connectivity index (χ3v) is 4.87. The van der Waals surface area contributed by atoms with Crippen molar-refractivity contribution in [2.75, 3.05) is 26.3 Å². The summed E-state index contributed by atoms with van der Waals surface area (Å²) in [7, 11) is 0. The Balaban J connectivity index is -0.00000140. The van der Waals surface area contributed by atoms with Crippen molar-refractivity contribution in [1.29, 1.82) is 0 Å². The molecular weight excluding hydrogens is 646 g/mol. The van der Waals surface area contributed by atoms with Gasteiger partial charge in [0.15, 0.2) is 0 Å². The van der Waals surface area contributed by atoms with Crippen LogP contribution < -0.4 is 35.4 Å². The van der Waals surface area contributed by atoms with Gasteiger partial charge in [-0.2, -0.15) is 0 Å². The monoisotopic (exact) mass is 693 g/mol. The number of esters is 2. The molecule has 0 amide bonds. The zero-order valence-corrected chi connectivity index (χ0v) is 25.3. The van der Waals surface area contributed by atoms with Gasteiger partial charge in [-0.1, -0.05) is 67.2 Å². The average Bonchev–Trinajstić information content (AvgIpc) is 2.69. The minimum Gasteiger partial charge on any atom is -1.00 e. The molecule has 0 aliphatic rings. The number of hydrogen-bond acceptors (Lipinski definition) is 6. The van der Waals surface area contributed by atoms with E-state index in [-0.39, 0.29) is 69.9 Å². The fourth-order valence-electron chi connectivity index (χ4n) is 3.21. The zero-order chi connectivity index (χ0) is 22.8. The van der Waals surface area contributed by atoms with Crippen LogP contribution in [0.3, 0.4) is 0 Å². The van der Waals surface area contributed by atoms with Gasteiger partial charge in [0.05, 0.1) is 13.2 Å². The van der Waals surface area contributed by atoms with E-state index < -0.39 is 0 Å². The summed E-state index contributed by atoms with van der Waals surface area (Å²) in [5.41, 5.74) is 0. The van der Waals surface area contributed by atoms with Crippen molar-refractivity contribution < 1.29 is 64.9 Å². The van der Waals surface area contributed by atoms with Gasteiger partial charge in [0, 0.05) is 13.1 Å². The minimum atomic E-state index is -0.307. The molecule has 0 aliphatic carbocycles. The van der Waals surface area contributed by atoms with Crippen molar-refractivity contribution >= 4 is 11.9 Å². The summed E-state index contributed by atoms with van der Waals surface area (Å²) in [6.45, 7) is 14.8. The molecule has 2 N–H and O–H groups in total. The van der Waals surface area contributed by atoms with Crippen LogP contribution in [0.4, 0.5) is 0 Å². The third kappa shape index (κ3) is 23.6. The van der Waals surface area contributed by atoms with Gasteiger partial charge < -0.3 is 44.9 Å². The van der Waals surface area contributed by atoms with E-state index in [1.807, 2.05) is 0 Å². The summed E-state index contributed by atoms with van der Waals surface area (Å²) in [6.07, 6.45) is 7.66. The Kier molecular flexibility index (Phi) is 32.6. The summed E-state index contributed by atoms with van der Waals surface area (Å²) in [4.78, 5) is 24.8. The van der Waals surface area contributed by atoms with Crippen LogP contribution >= 0.6 is 0 Å². The van der Waals surface area contributed by atoms with Crippen molar-refractivity contribution in [1.82, 2.24) is 10.6 Å². The molecule has 6 nitrogen and oxygen atoms in total. The van der Waals surface area contributed by atoms with Crippen molar-refractivity contribution in [3.63, 3.8) is 0 Å². The van der Waals surface area contributed by atoms with Gasteiger partial charge in [-0.3, -0.25) is 9.59 Å². The molecule has 2 atom stereocenters. The topological polar surface area (TPSA) is 76.7 Å². The molecule has 0 aromatic heterocycles. The largest absolute Gasteiger partial charge is 2.00 e. The molecule has 0 aromatic carbocycles. The molecule has 0 rings (SSSR count). The molecule has 0 radical (unpaired) electrons. The van der Waals surface area contributed by atoms with E-state index in [1.165, 1.54) is 0 Å². The number of carbonyl (C=O) groups is 2. The van der Waals surface area contributed by atoms with E-state index >= 15 is 0 Å². The predicted octanol–water partition coefficient (Wildman–Crippen LogP) is -1.53. The van der Waals surface area contributed by atoms with Gasteiger partial charge in [-0.25, -0.2) is 0 Å². The molecule has 0 bridgehead atoms. The first-order chi connectivity index (χ1) is 14.3. The first-order valence-electron chi connectivity index (χ1n) is 12.1. The average molecular weight is 695 g/mol. The van der Waals surface area contributed by atoms with E-state index in [0.29, 0.717) is 38.1 Å². The second-order valence-corrected chi connectivity index (χ2v) is 9.02. The van der Waals surface area contributed by atoms with Crippen LogP contribution in [0.2, 0.25) is 0 Å². The van der Waals surface area contributed by atoms with Crippen molar-refractivity contribution in [3.05, 3.63) is 0 Å². The molecule has 0 heterocycles. The second kappa shape index (κ2) is 26.7. The molecular formula is C24H48Cl2N2O4Pt. The maximum atomic E-state index is 12.4. The van der Waals surface area contributed by atoms with E-state index in [2.05, 4.69) is 52.2 Å². The zero-order valence-electron chi connectivity index (χ0n) is 21.5. The number of halogens is 2. The second-order valence-electron chi connectivity index (χ2n) is 9.02. The van der Waals surface area contributed by atoms with Crippen LogP contribution in [0.1, 0.15) is 92.9 Å². The number of hydrogen-bond donors (Lipinski definition) is 2. The SMILES string of the molecule is CCCCCOC(=O)[C@H](CC(C)C)NCCN[C@@H](CC(C)C)C(=O)OCCCCC.[Cl-].[Cl-].[Pt+2]. The van der Waals surface area contributed by atoms with Crippen LogP contribution in [0.15, 0.2) is 0 Å².